The maximum atomic E-state index is 13.6. The summed E-state index contributed by atoms with van der Waals surface area (Å²) in [6.07, 6.45) is 12.5. The van der Waals surface area contributed by atoms with Gasteiger partial charge in [-0.05, 0) is 82.0 Å². The largest absolute Gasteiger partial charge is 0.449 e. The number of hydrogen-bond acceptors (Lipinski definition) is 4. The quantitative estimate of drug-likeness (QED) is 0.367. The molecule has 1 aliphatic carbocycles. The molecule has 1 saturated heterocycles. The zero-order chi connectivity index (χ0) is 24.9. The molecule has 1 aliphatic heterocycles. The normalized spacial score (nSPS) is 19.4. The lowest BCUT2D eigenvalue weighted by Crippen LogP contribution is -2.39. The second-order valence-corrected chi connectivity index (χ2v) is 10.3. The Bertz CT molecular complexity index is 1150. The third-order valence-corrected chi connectivity index (χ3v) is 7.79. The van der Waals surface area contributed by atoms with E-state index in [1.165, 1.54) is 50.7 Å². The number of hydrogen-bond donors (Lipinski definition) is 1. The number of imidazole rings is 1. The van der Waals surface area contributed by atoms with Crippen LogP contribution in [0.15, 0.2) is 47.1 Å². The number of rotatable bonds is 8. The zero-order valence-electron chi connectivity index (χ0n) is 21.2. The Balaban J connectivity index is 1.31. The molecular weight excluding hydrogens is 455 g/mol. The van der Waals surface area contributed by atoms with Gasteiger partial charge < -0.3 is 19.2 Å². The first-order valence-electron chi connectivity index (χ1n) is 13.6. The molecule has 0 spiro atoms. The van der Waals surface area contributed by atoms with Crippen LogP contribution in [0.5, 0.6) is 0 Å². The van der Waals surface area contributed by atoms with Crippen LogP contribution in [0.2, 0.25) is 0 Å². The van der Waals surface area contributed by atoms with Crippen molar-refractivity contribution in [2.24, 2.45) is 0 Å². The minimum atomic E-state index is -0.279. The zero-order valence-corrected chi connectivity index (χ0v) is 21.2. The number of benzene rings is 1. The minimum absolute atomic E-state index is 0.194. The van der Waals surface area contributed by atoms with Crippen molar-refractivity contribution in [3.63, 3.8) is 0 Å². The van der Waals surface area contributed by atoms with E-state index < -0.39 is 0 Å². The summed E-state index contributed by atoms with van der Waals surface area (Å²) >= 11 is 0. The molecule has 3 heterocycles. The van der Waals surface area contributed by atoms with Gasteiger partial charge >= 0.3 is 0 Å². The molecule has 1 saturated carbocycles. The summed E-state index contributed by atoms with van der Waals surface area (Å²) in [5.41, 5.74) is 2.43. The van der Waals surface area contributed by atoms with E-state index in [0.717, 1.165) is 49.3 Å². The van der Waals surface area contributed by atoms with Crippen molar-refractivity contribution in [3.05, 3.63) is 54.3 Å². The molecule has 0 radical (unpaired) electrons. The molecule has 1 atom stereocenters. The van der Waals surface area contributed by atoms with Gasteiger partial charge in [-0.15, -0.1) is 0 Å². The Kier molecular flexibility index (Phi) is 7.85. The van der Waals surface area contributed by atoms with Crippen LogP contribution in [0.1, 0.15) is 81.3 Å². The summed E-state index contributed by atoms with van der Waals surface area (Å²) in [4.78, 5) is 20.1. The number of halogens is 1. The highest BCUT2D eigenvalue weighted by Crippen LogP contribution is 2.38. The van der Waals surface area contributed by atoms with Crippen molar-refractivity contribution in [2.75, 3.05) is 19.6 Å². The lowest BCUT2D eigenvalue weighted by atomic mass is 9.95. The number of piperidine rings is 1. The van der Waals surface area contributed by atoms with Gasteiger partial charge in [-0.3, -0.25) is 4.79 Å². The van der Waals surface area contributed by atoms with Gasteiger partial charge in [-0.1, -0.05) is 25.7 Å². The lowest BCUT2D eigenvalue weighted by Gasteiger charge is -2.33. The summed E-state index contributed by atoms with van der Waals surface area (Å²) in [6, 6.07) is 11.0. The van der Waals surface area contributed by atoms with Crippen LogP contribution in [0, 0.1) is 5.82 Å². The van der Waals surface area contributed by atoms with Gasteiger partial charge in [-0.25, -0.2) is 9.37 Å². The molecule has 1 unspecified atom stereocenters. The smallest absolute Gasteiger partial charge is 0.287 e. The maximum Gasteiger partial charge on any atom is 0.287 e. The molecule has 7 heteroatoms. The first-order chi connectivity index (χ1) is 17.6. The van der Waals surface area contributed by atoms with Crippen molar-refractivity contribution >= 4 is 5.91 Å². The molecule has 2 aliphatic rings. The van der Waals surface area contributed by atoms with Gasteiger partial charge in [0.2, 0.25) is 0 Å². The van der Waals surface area contributed by atoms with Crippen LogP contribution in [-0.4, -0.2) is 46.0 Å². The highest BCUT2D eigenvalue weighted by atomic mass is 19.1. The predicted octanol–water partition coefficient (Wildman–Crippen LogP) is 6.45. The third kappa shape index (κ3) is 5.56. The van der Waals surface area contributed by atoms with E-state index in [-0.39, 0.29) is 11.7 Å². The van der Waals surface area contributed by atoms with Gasteiger partial charge in [0.1, 0.15) is 11.5 Å². The first kappa shape index (κ1) is 24.8. The van der Waals surface area contributed by atoms with Gasteiger partial charge in [0.25, 0.3) is 5.91 Å². The molecule has 3 aromatic rings. The molecule has 192 valence electrons. The van der Waals surface area contributed by atoms with E-state index in [0.29, 0.717) is 30.1 Å². The molecule has 2 fully saturated rings. The van der Waals surface area contributed by atoms with Crippen molar-refractivity contribution in [3.8, 4) is 22.7 Å². The average Bonchev–Trinajstić information content (AvgIpc) is 3.56. The molecule has 2 aromatic heterocycles. The van der Waals surface area contributed by atoms with E-state index in [1.807, 2.05) is 12.4 Å². The molecule has 1 aromatic carbocycles. The van der Waals surface area contributed by atoms with Crippen molar-refractivity contribution in [1.29, 1.82) is 0 Å². The number of likely N-dealkylation sites (tertiary alicyclic amines) is 1. The van der Waals surface area contributed by atoms with Crippen molar-refractivity contribution in [1.82, 2.24) is 19.8 Å². The monoisotopic (exact) mass is 492 g/mol. The summed E-state index contributed by atoms with van der Waals surface area (Å²) in [6.45, 7) is 5.08. The third-order valence-electron chi connectivity index (χ3n) is 7.79. The highest BCUT2D eigenvalue weighted by Gasteiger charge is 2.25. The van der Waals surface area contributed by atoms with Crippen LogP contribution in [0.3, 0.4) is 0 Å². The Morgan fingerprint density at radius 1 is 1.06 bits per heavy atom. The second kappa shape index (κ2) is 11.4. The summed E-state index contributed by atoms with van der Waals surface area (Å²) in [7, 11) is 0. The fraction of sp³-hybridized carbons (Fsp3) is 0.517. The fourth-order valence-electron chi connectivity index (χ4n) is 5.71. The van der Waals surface area contributed by atoms with Crippen LogP contribution < -0.4 is 5.32 Å². The van der Waals surface area contributed by atoms with E-state index in [4.69, 9.17) is 9.40 Å². The highest BCUT2D eigenvalue weighted by molar-refractivity contribution is 5.92. The molecule has 36 heavy (non-hydrogen) atoms. The van der Waals surface area contributed by atoms with Crippen molar-refractivity contribution in [2.45, 2.75) is 76.8 Å². The van der Waals surface area contributed by atoms with Gasteiger partial charge in [0.15, 0.2) is 11.5 Å². The van der Waals surface area contributed by atoms with Crippen LogP contribution in [-0.2, 0) is 0 Å². The molecular formula is C29H37FN4O2. The molecule has 0 bridgehead atoms. The van der Waals surface area contributed by atoms with E-state index >= 15 is 0 Å². The number of furan rings is 1. The topological polar surface area (TPSA) is 63.3 Å². The Morgan fingerprint density at radius 3 is 2.61 bits per heavy atom. The number of carbonyl (C=O) groups excluding carboxylic acids is 1. The molecule has 1 N–H and O–H groups in total. The number of aromatic nitrogens is 2. The van der Waals surface area contributed by atoms with Crippen LogP contribution in [0.4, 0.5) is 4.39 Å². The van der Waals surface area contributed by atoms with E-state index in [9.17, 15) is 9.18 Å². The second-order valence-electron chi connectivity index (χ2n) is 10.3. The number of nitrogens with zero attached hydrogens (tertiary/aromatic N) is 3. The van der Waals surface area contributed by atoms with Crippen LogP contribution >= 0.6 is 0 Å². The summed E-state index contributed by atoms with van der Waals surface area (Å²) in [5.74, 6) is 0.446. The molecule has 5 rings (SSSR count). The van der Waals surface area contributed by atoms with Gasteiger partial charge in [0, 0.05) is 30.7 Å². The maximum absolute atomic E-state index is 13.6. The number of carbonyl (C=O) groups is 1. The van der Waals surface area contributed by atoms with E-state index in [1.54, 1.807) is 18.2 Å². The molecule has 6 nitrogen and oxygen atoms in total. The van der Waals surface area contributed by atoms with E-state index in [2.05, 4.69) is 21.7 Å². The standard InChI is InChI=1S/C29H37FN4O2/c1-21-8-5-6-18-33(21)19-7-17-31-29(35)26-16-15-25(36-26)28-27(22-11-13-23(30)14-12-22)32-20-34(28)24-9-3-2-4-10-24/h11-16,20-21,24H,2-10,17-19H2,1H3,(H,31,35). The van der Waals surface area contributed by atoms with Gasteiger partial charge in [0.05, 0.1) is 12.0 Å². The Morgan fingerprint density at radius 2 is 1.83 bits per heavy atom. The summed E-state index contributed by atoms with van der Waals surface area (Å²) < 4.78 is 21.9. The Labute approximate surface area is 212 Å². The summed E-state index contributed by atoms with van der Waals surface area (Å²) in [5, 5.41) is 3.02. The molecule has 1 amide bonds. The first-order valence-corrected chi connectivity index (χ1v) is 13.6. The Hall–Kier alpha value is -2.93. The average molecular weight is 493 g/mol. The SMILES string of the molecule is CC1CCCCN1CCCNC(=O)c1ccc(-c2c(-c3ccc(F)cc3)ncn2C2CCCCC2)o1. The van der Waals surface area contributed by atoms with Gasteiger partial charge in [-0.2, -0.15) is 0 Å². The number of nitrogens with one attached hydrogen (secondary N) is 1. The predicted molar refractivity (Wildman–Crippen MR) is 139 cm³/mol. The van der Waals surface area contributed by atoms with Crippen molar-refractivity contribution < 1.29 is 13.6 Å². The number of amides is 1. The van der Waals surface area contributed by atoms with Crippen LogP contribution in [0.25, 0.3) is 22.7 Å². The minimum Gasteiger partial charge on any atom is -0.449 e. The fourth-order valence-corrected chi connectivity index (χ4v) is 5.71. The lowest BCUT2D eigenvalue weighted by molar-refractivity contribution is 0.0922.